The quantitative estimate of drug-likeness (QED) is 0.280. The molecule has 1 unspecified atom stereocenters. The molecule has 6 heteroatoms. The number of aromatic nitrogens is 2. The van der Waals surface area contributed by atoms with E-state index >= 15 is 0 Å². The topological polar surface area (TPSA) is 55.2 Å². The van der Waals surface area contributed by atoms with Crippen LogP contribution in [0.15, 0.2) is 54.9 Å². The summed E-state index contributed by atoms with van der Waals surface area (Å²) in [4.78, 5) is 8.84. The van der Waals surface area contributed by atoms with E-state index in [0.717, 1.165) is 49.5 Å². The molecule has 0 amide bonds. The van der Waals surface area contributed by atoms with Crippen molar-refractivity contribution in [2.75, 3.05) is 6.61 Å². The first-order chi connectivity index (χ1) is 16.5. The van der Waals surface area contributed by atoms with Crippen molar-refractivity contribution in [2.45, 2.75) is 58.5 Å². The van der Waals surface area contributed by atoms with Crippen molar-refractivity contribution in [3.8, 4) is 28.3 Å². The molecule has 1 aromatic heterocycles. The van der Waals surface area contributed by atoms with Gasteiger partial charge in [0.05, 0.1) is 6.10 Å². The van der Waals surface area contributed by atoms with E-state index < -0.39 is 17.4 Å². The fourth-order valence-electron chi connectivity index (χ4n) is 3.60. The Balaban J connectivity index is 1.50. The van der Waals surface area contributed by atoms with Gasteiger partial charge in [-0.05, 0) is 50.3 Å². The highest BCUT2D eigenvalue weighted by Gasteiger charge is 2.14. The van der Waals surface area contributed by atoms with Crippen LogP contribution < -0.4 is 0 Å². The molecule has 34 heavy (non-hydrogen) atoms. The van der Waals surface area contributed by atoms with E-state index in [9.17, 15) is 13.9 Å². The molecule has 0 radical (unpaired) electrons. The van der Waals surface area contributed by atoms with Crippen molar-refractivity contribution >= 4 is 6.08 Å². The largest absolute Gasteiger partial charge is 0.505 e. The number of nitrogens with zero attached hydrogens (tertiary/aromatic N) is 2. The number of aromatic hydroxyl groups is 1. The van der Waals surface area contributed by atoms with Crippen molar-refractivity contribution in [2.24, 2.45) is 0 Å². The molecule has 3 aromatic rings. The molecular formula is C28H32F2N2O2. The number of unbranched alkanes of at least 4 members (excludes halogenated alkanes) is 3. The predicted molar refractivity (Wildman–Crippen MR) is 132 cm³/mol. The average molecular weight is 467 g/mol. The summed E-state index contributed by atoms with van der Waals surface area (Å²) in [6.07, 6.45) is 14.6. The number of benzene rings is 2. The monoisotopic (exact) mass is 466 g/mol. The molecule has 0 saturated carbocycles. The molecule has 3 rings (SSSR count). The summed E-state index contributed by atoms with van der Waals surface area (Å²) in [5, 5.41) is 9.29. The highest BCUT2D eigenvalue weighted by Crippen LogP contribution is 2.30. The van der Waals surface area contributed by atoms with Gasteiger partial charge in [-0.1, -0.05) is 56.2 Å². The second-order valence-electron chi connectivity index (χ2n) is 8.40. The molecule has 180 valence electrons. The van der Waals surface area contributed by atoms with Gasteiger partial charge >= 0.3 is 0 Å². The molecule has 4 nitrogen and oxygen atoms in total. The normalized spacial score (nSPS) is 12.4. The van der Waals surface area contributed by atoms with Crippen LogP contribution in [0.4, 0.5) is 8.78 Å². The van der Waals surface area contributed by atoms with Crippen LogP contribution in [0, 0.1) is 11.6 Å². The average Bonchev–Trinajstić information content (AvgIpc) is 2.86. The number of allylic oxidation sites excluding steroid dienone is 1. The third-order valence-corrected chi connectivity index (χ3v) is 5.63. The molecule has 0 aliphatic rings. The van der Waals surface area contributed by atoms with E-state index in [4.69, 9.17) is 4.74 Å². The summed E-state index contributed by atoms with van der Waals surface area (Å²) in [6.45, 7) is 5.18. The second kappa shape index (κ2) is 12.9. The van der Waals surface area contributed by atoms with Gasteiger partial charge < -0.3 is 9.84 Å². The number of phenolic OH excluding ortho intramolecular Hbond substituents is 1. The zero-order valence-electron chi connectivity index (χ0n) is 19.8. The van der Waals surface area contributed by atoms with E-state index in [1.807, 2.05) is 6.08 Å². The van der Waals surface area contributed by atoms with Crippen LogP contribution >= 0.6 is 0 Å². The smallest absolute Gasteiger partial charge is 0.200 e. The standard InChI is InChI=1S/C28H32F2N2O2/c1-3-4-8-17-34-20(2)9-6-5-7-10-21-18-31-28(32-19-21)23-13-11-22(12-14-23)24-15-16-25(33)27(30)26(24)29/h7,10-16,18-20,33H,3-6,8-9,17H2,1-2H3. The van der Waals surface area contributed by atoms with Crippen LogP contribution in [0.1, 0.15) is 57.9 Å². The number of halogens is 2. The van der Waals surface area contributed by atoms with Crippen molar-refractivity contribution in [1.82, 2.24) is 9.97 Å². The number of rotatable bonds is 12. The van der Waals surface area contributed by atoms with E-state index in [1.165, 1.54) is 18.9 Å². The zero-order valence-corrected chi connectivity index (χ0v) is 19.8. The molecule has 0 aliphatic heterocycles. The summed E-state index contributed by atoms with van der Waals surface area (Å²) in [5.41, 5.74) is 2.28. The van der Waals surface area contributed by atoms with Crippen molar-refractivity contribution in [3.05, 3.63) is 72.1 Å². The minimum atomic E-state index is -1.25. The fourth-order valence-corrected chi connectivity index (χ4v) is 3.60. The molecule has 0 fully saturated rings. The van der Waals surface area contributed by atoms with E-state index in [1.54, 1.807) is 36.7 Å². The third-order valence-electron chi connectivity index (χ3n) is 5.63. The Labute approximate surface area is 200 Å². The Kier molecular flexibility index (Phi) is 9.71. The maximum atomic E-state index is 14.1. The lowest BCUT2D eigenvalue weighted by molar-refractivity contribution is 0.0566. The van der Waals surface area contributed by atoms with Crippen LogP contribution in [0.2, 0.25) is 0 Å². The molecule has 1 N–H and O–H groups in total. The fraction of sp³-hybridized carbons (Fsp3) is 0.357. The molecule has 0 spiro atoms. The molecular weight excluding hydrogens is 434 g/mol. The third kappa shape index (κ3) is 7.19. The molecule has 2 aromatic carbocycles. The lowest BCUT2D eigenvalue weighted by Crippen LogP contribution is -2.08. The Bertz CT molecular complexity index is 1070. The Morgan fingerprint density at radius 2 is 1.65 bits per heavy atom. The van der Waals surface area contributed by atoms with Crippen LogP contribution in [-0.2, 0) is 4.74 Å². The molecule has 1 atom stereocenters. The molecule has 0 saturated heterocycles. The summed E-state index contributed by atoms with van der Waals surface area (Å²) >= 11 is 0. The predicted octanol–water partition coefficient (Wildman–Crippen LogP) is 7.57. The first kappa shape index (κ1) is 25.5. The van der Waals surface area contributed by atoms with Gasteiger partial charge in [-0.2, -0.15) is 4.39 Å². The van der Waals surface area contributed by atoms with Gasteiger partial charge in [0.25, 0.3) is 0 Å². The van der Waals surface area contributed by atoms with Gasteiger partial charge in [-0.25, -0.2) is 14.4 Å². The number of hydrogen-bond acceptors (Lipinski definition) is 4. The number of ether oxygens (including phenoxy) is 1. The maximum absolute atomic E-state index is 14.1. The lowest BCUT2D eigenvalue weighted by atomic mass is 10.0. The van der Waals surface area contributed by atoms with Gasteiger partial charge in [0.15, 0.2) is 17.4 Å². The minimum absolute atomic E-state index is 0.0840. The summed E-state index contributed by atoms with van der Waals surface area (Å²) in [6, 6.07) is 9.36. The second-order valence-corrected chi connectivity index (χ2v) is 8.40. The van der Waals surface area contributed by atoms with Gasteiger partial charge in [0, 0.05) is 35.7 Å². The highest BCUT2D eigenvalue weighted by molar-refractivity contribution is 5.69. The highest BCUT2D eigenvalue weighted by atomic mass is 19.2. The van der Waals surface area contributed by atoms with Gasteiger partial charge in [0.1, 0.15) is 0 Å². The van der Waals surface area contributed by atoms with E-state index in [-0.39, 0.29) is 5.56 Å². The van der Waals surface area contributed by atoms with Crippen molar-refractivity contribution in [1.29, 1.82) is 0 Å². The SMILES string of the molecule is CCCCCOC(C)CCCC=Cc1cnc(-c2ccc(-c3ccc(O)c(F)c3F)cc2)nc1. The van der Waals surface area contributed by atoms with Gasteiger partial charge in [-0.15, -0.1) is 0 Å². The zero-order chi connectivity index (χ0) is 24.3. The van der Waals surface area contributed by atoms with Gasteiger partial charge in [-0.3, -0.25) is 0 Å². The van der Waals surface area contributed by atoms with Crippen molar-refractivity contribution < 1.29 is 18.6 Å². The van der Waals surface area contributed by atoms with Gasteiger partial charge in [0.2, 0.25) is 5.82 Å². The lowest BCUT2D eigenvalue weighted by Gasteiger charge is -2.11. The summed E-state index contributed by atoms with van der Waals surface area (Å²) in [5.74, 6) is -2.48. The summed E-state index contributed by atoms with van der Waals surface area (Å²) in [7, 11) is 0. The minimum Gasteiger partial charge on any atom is -0.505 e. The summed E-state index contributed by atoms with van der Waals surface area (Å²) < 4.78 is 33.6. The number of phenols is 1. The Morgan fingerprint density at radius 3 is 2.35 bits per heavy atom. The van der Waals surface area contributed by atoms with Crippen LogP contribution in [0.5, 0.6) is 5.75 Å². The van der Waals surface area contributed by atoms with Crippen LogP contribution in [0.25, 0.3) is 28.6 Å². The van der Waals surface area contributed by atoms with E-state index in [2.05, 4.69) is 29.9 Å². The van der Waals surface area contributed by atoms with Crippen LogP contribution in [-0.4, -0.2) is 27.8 Å². The maximum Gasteiger partial charge on any atom is 0.200 e. The van der Waals surface area contributed by atoms with Crippen LogP contribution in [0.3, 0.4) is 0 Å². The van der Waals surface area contributed by atoms with E-state index in [0.29, 0.717) is 17.5 Å². The first-order valence-corrected chi connectivity index (χ1v) is 11.9. The Hall–Kier alpha value is -3.12. The molecule has 0 aliphatic carbocycles. The van der Waals surface area contributed by atoms with Crippen molar-refractivity contribution in [3.63, 3.8) is 0 Å². The first-order valence-electron chi connectivity index (χ1n) is 11.9. The molecule has 1 heterocycles. The number of hydrogen-bond donors (Lipinski definition) is 1. The Morgan fingerprint density at radius 1 is 0.941 bits per heavy atom. The molecule has 0 bridgehead atoms.